The van der Waals surface area contributed by atoms with E-state index < -0.39 is 11.9 Å². The van der Waals surface area contributed by atoms with Gasteiger partial charge >= 0.3 is 6.18 Å². The third-order valence-corrected chi connectivity index (χ3v) is 5.70. The van der Waals surface area contributed by atoms with Gasteiger partial charge in [-0.3, -0.25) is 14.2 Å². The summed E-state index contributed by atoms with van der Waals surface area (Å²) in [6.07, 6.45) is -2.16. The molecule has 0 saturated heterocycles. The molecule has 0 bridgehead atoms. The van der Waals surface area contributed by atoms with Gasteiger partial charge in [0.1, 0.15) is 6.54 Å². The van der Waals surface area contributed by atoms with Crippen LogP contribution in [0.25, 0.3) is 0 Å². The molecule has 0 atom stereocenters. The Hall–Kier alpha value is -1.84. The zero-order chi connectivity index (χ0) is 19.8. The summed E-state index contributed by atoms with van der Waals surface area (Å²) in [6, 6.07) is 1.06. The van der Waals surface area contributed by atoms with Crippen LogP contribution in [0.3, 0.4) is 0 Å². The lowest BCUT2D eigenvalue weighted by Crippen LogP contribution is -2.30. The van der Waals surface area contributed by atoms with E-state index in [2.05, 4.69) is 31.4 Å². The Morgan fingerprint density at radius 2 is 2.00 bits per heavy atom. The number of halogens is 4. The number of nitrogens with zero attached hydrogens (tertiary/aromatic N) is 4. The van der Waals surface area contributed by atoms with E-state index in [1.165, 1.54) is 4.68 Å². The summed E-state index contributed by atoms with van der Waals surface area (Å²) in [4.78, 5) is 12.1. The van der Waals surface area contributed by atoms with Gasteiger partial charge in [0.05, 0.1) is 10.2 Å². The molecule has 148 valence electrons. The second kappa shape index (κ2) is 7.65. The fourth-order valence-electron chi connectivity index (χ4n) is 2.95. The van der Waals surface area contributed by atoms with Gasteiger partial charge in [-0.1, -0.05) is 0 Å². The molecule has 1 amide bonds. The maximum absolute atomic E-state index is 12.9. The number of aromatic nitrogens is 4. The van der Waals surface area contributed by atoms with Crippen molar-refractivity contribution >= 4 is 21.8 Å². The second-order valence-corrected chi connectivity index (χ2v) is 7.59. The lowest BCUT2D eigenvalue weighted by molar-refractivity contribution is -0.141. The molecule has 0 aromatic carbocycles. The van der Waals surface area contributed by atoms with Crippen molar-refractivity contribution in [3.05, 3.63) is 33.3 Å². The highest BCUT2D eigenvalue weighted by atomic mass is 79.9. The molecule has 0 unspecified atom stereocenters. The van der Waals surface area contributed by atoms with Crippen molar-refractivity contribution in [3.8, 4) is 0 Å². The Balaban J connectivity index is 1.52. The maximum atomic E-state index is 12.9. The van der Waals surface area contributed by atoms with E-state index in [0.717, 1.165) is 34.8 Å². The summed E-state index contributed by atoms with van der Waals surface area (Å²) in [5.41, 5.74) is 1.48. The highest BCUT2D eigenvalue weighted by Gasteiger charge is 2.38. The van der Waals surface area contributed by atoms with Crippen molar-refractivity contribution in [3.63, 3.8) is 0 Å². The number of hydrogen-bond donors (Lipinski definition) is 1. The van der Waals surface area contributed by atoms with Crippen LogP contribution in [0, 0.1) is 13.8 Å². The Morgan fingerprint density at radius 3 is 2.56 bits per heavy atom. The van der Waals surface area contributed by atoms with E-state index >= 15 is 0 Å². The number of alkyl halides is 3. The number of carbonyl (C=O) groups is 1. The van der Waals surface area contributed by atoms with Crippen LogP contribution in [-0.4, -0.2) is 32.0 Å². The third-order valence-electron chi connectivity index (χ3n) is 4.55. The van der Waals surface area contributed by atoms with Crippen molar-refractivity contribution in [2.75, 3.05) is 6.54 Å². The molecule has 3 rings (SSSR count). The normalized spacial score (nSPS) is 14.6. The van der Waals surface area contributed by atoms with E-state index in [9.17, 15) is 18.0 Å². The van der Waals surface area contributed by atoms with Gasteiger partial charge in [0, 0.05) is 30.4 Å². The molecule has 1 aliphatic rings. The monoisotopic (exact) mass is 447 g/mol. The first-order chi connectivity index (χ1) is 12.7. The summed E-state index contributed by atoms with van der Waals surface area (Å²) < 4.78 is 42.7. The van der Waals surface area contributed by atoms with Gasteiger partial charge in [0.25, 0.3) is 0 Å². The first kappa shape index (κ1) is 19.9. The average molecular weight is 448 g/mol. The molecule has 2 aromatic rings. The molecule has 1 fully saturated rings. The highest BCUT2D eigenvalue weighted by Crippen LogP contribution is 2.42. The summed E-state index contributed by atoms with van der Waals surface area (Å²) >= 11 is 3.47. The molecule has 2 aromatic heterocycles. The van der Waals surface area contributed by atoms with Crippen LogP contribution in [0.5, 0.6) is 0 Å². The van der Waals surface area contributed by atoms with Crippen LogP contribution in [0.2, 0.25) is 0 Å². The molecule has 6 nitrogen and oxygen atoms in total. The molecular formula is C17H21BrF3N5O. The lowest BCUT2D eigenvalue weighted by Gasteiger charge is -2.09. The minimum Gasteiger partial charge on any atom is -0.354 e. The minimum absolute atomic E-state index is 0.0749. The third kappa shape index (κ3) is 4.72. The molecule has 0 radical (unpaired) electrons. The van der Waals surface area contributed by atoms with E-state index in [1.807, 2.05) is 18.5 Å². The van der Waals surface area contributed by atoms with Crippen LogP contribution >= 0.6 is 15.9 Å². The van der Waals surface area contributed by atoms with Gasteiger partial charge < -0.3 is 5.32 Å². The topological polar surface area (TPSA) is 64.7 Å². The number of amides is 1. The molecule has 1 N–H and O–H groups in total. The zero-order valence-electron chi connectivity index (χ0n) is 15.1. The van der Waals surface area contributed by atoms with Crippen LogP contribution in [-0.2, 0) is 24.1 Å². The van der Waals surface area contributed by atoms with Gasteiger partial charge in [-0.15, -0.1) is 0 Å². The maximum Gasteiger partial charge on any atom is 0.435 e. The summed E-state index contributed by atoms with van der Waals surface area (Å²) in [7, 11) is 0. The molecule has 10 heteroatoms. The number of carbonyl (C=O) groups excluding carboxylic acids is 1. The van der Waals surface area contributed by atoms with Crippen molar-refractivity contribution < 1.29 is 18.0 Å². The predicted molar refractivity (Wildman–Crippen MR) is 96.2 cm³/mol. The highest BCUT2D eigenvalue weighted by molar-refractivity contribution is 9.10. The standard InChI is InChI=1S/C17H21BrF3N5O/c1-10-16(18)11(2)25(23-10)7-3-6-22-15(27)9-26-13(12-4-5-12)8-14(24-26)17(19,20)21/h8,12H,3-7,9H2,1-2H3,(H,22,27). The number of nitrogens with one attached hydrogen (secondary N) is 1. The van der Waals surface area contributed by atoms with Gasteiger partial charge in [0.15, 0.2) is 5.69 Å². The summed E-state index contributed by atoms with van der Waals surface area (Å²) in [5.74, 6) is -0.269. The van der Waals surface area contributed by atoms with E-state index in [0.29, 0.717) is 25.2 Å². The van der Waals surface area contributed by atoms with Crippen LogP contribution in [0.1, 0.15) is 48.0 Å². The van der Waals surface area contributed by atoms with Crippen molar-refractivity contribution in [2.24, 2.45) is 0 Å². The number of hydrogen-bond acceptors (Lipinski definition) is 3. The Bertz CT molecular complexity index is 838. The molecule has 0 spiro atoms. The van der Waals surface area contributed by atoms with Crippen LogP contribution in [0.15, 0.2) is 10.5 Å². The molecule has 0 aliphatic heterocycles. The fourth-order valence-corrected chi connectivity index (χ4v) is 3.23. The second-order valence-electron chi connectivity index (χ2n) is 6.80. The predicted octanol–water partition coefficient (Wildman–Crippen LogP) is 3.56. The van der Waals surface area contributed by atoms with Crippen molar-refractivity contribution in [2.45, 2.75) is 58.3 Å². The zero-order valence-corrected chi connectivity index (χ0v) is 16.7. The van der Waals surface area contributed by atoms with Crippen molar-refractivity contribution in [1.29, 1.82) is 0 Å². The quantitative estimate of drug-likeness (QED) is 0.659. The number of rotatable bonds is 7. The Morgan fingerprint density at radius 1 is 1.30 bits per heavy atom. The lowest BCUT2D eigenvalue weighted by atomic mass is 10.2. The molecule has 27 heavy (non-hydrogen) atoms. The Kier molecular flexibility index (Phi) is 5.64. The van der Waals surface area contributed by atoms with E-state index in [4.69, 9.17) is 0 Å². The molecule has 2 heterocycles. The first-order valence-electron chi connectivity index (χ1n) is 8.78. The van der Waals surface area contributed by atoms with Crippen molar-refractivity contribution in [1.82, 2.24) is 24.9 Å². The largest absolute Gasteiger partial charge is 0.435 e. The summed E-state index contributed by atoms with van der Waals surface area (Å²) in [5, 5.41) is 10.7. The SMILES string of the molecule is Cc1nn(CCCNC(=O)Cn2nc(C(F)(F)F)cc2C2CC2)c(C)c1Br. The molecule has 1 saturated carbocycles. The van der Waals surface area contributed by atoms with E-state index in [-0.39, 0.29) is 18.4 Å². The van der Waals surface area contributed by atoms with Gasteiger partial charge in [-0.05, 0) is 55.1 Å². The van der Waals surface area contributed by atoms with Gasteiger partial charge in [0.2, 0.25) is 5.91 Å². The van der Waals surface area contributed by atoms with Gasteiger partial charge in [-0.25, -0.2) is 0 Å². The summed E-state index contributed by atoms with van der Waals surface area (Å²) in [6.45, 7) is 4.73. The smallest absolute Gasteiger partial charge is 0.354 e. The van der Waals surface area contributed by atoms with Gasteiger partial charge in [-0.2, -0.15) is 23.4 Å². The average Bonchev–Trinajstić information content (AvgIpc) is 3.30. The molecular weight excluding hydrogens is 427 g/mol. The first-order valence-corrected chi connectivity index (χ1v) is 9.57. The fraction of sp³-hybridized carbons (Fsp3) is 0.588. The van der Waals surface area contributed by atoms with Crippen LogP contribution < -0.4 is 5.32 Å². The Labute approximate surface area is 163 Å². The van der Waals surface area contributed by atoms with Crippen LogP contribution in [0.4, 0.5) is 13.2 Å². The number of aryl methyl sites for hydroxylation is 2. The minimum atomic E-state index is -4.50. The molecule has 1 aliphatic carbocycles. The van der Waals surface area contributed by atoms with E-state index in [1.54, 1.807) is 0 Å².